The zero-order chi connectivity index (χ0) is 11.7. The van der Waals surface area contributed by atoms with Crippen LogP contribution < -0.4 is 10.8 Å². The summed E-state index contributed by atoms with van der Waals surface area (Å²) in [6, 6.07) is 0.179. The van der Waals surface area contributed by atoms with Crippen LogP contribution in [0.25, 0.3) is 0 Å². The third-order valence-electron chi connectivity index (χ3n) is 2.01. The molecule has 0 radical (unpaired) electrons. The Morgan fingerprint density at radius 2 is 2.00 bits per heavy atom. The maximum atomic E-state index is 11.2. The molecule has 0 aliphatic rings. The molecule has 0 aromatic rings. The largest absolute Gasteiger partial charge is 0.426 e. The molecule has 0 aliphatic heterocycles. The molecule has 0 aromatic heterocycles. The summed E-state index contributed by atoms with van der Waals surface area (Å²) in [5.74, 6) is 0.468. The molecule has 2 N–H and O–H groups in total. The summed E-state index contributed by atoms with van der Waals surface area (Å²) in [7, 11) is 0. The minimum Gasteiger partial charge on any atom is -0.354 e. The van der Waals surface area contributed by atoms with Gasteiger partial charge in [-0.3, -0.25) is 0 Å². The Kier molecular flexibility index (Phi) is 8.09. The van der Waals surface area contributed by atoms with Crippen molar-refractivity contribution in [2.75, 3.05) is 6.54 Å². The Balaban J connectivity index is 3.46. The molecule has 0 heterocycles. The first kappa shape index (κ1) is 14.2. The molecule has 0 aromatic carbocycles. The van der Waals surface area contributed by atoms with Gasteiger partial charge in [-0.2, -0.15) is 5.48 Å². The molecule has 15 heavy (non-hydrogen) atoms. The average molecular weight is 216 g/mol. The highest BCUT2D eigenvalue weighted by Crippen LogP contribution is 1.99. The van der Waals surface area contributed by atoms with Crippen molar-refractivity contribution in [1.82, 2.24) is 10.8 Å². The van der Waals surface area contributed by atoms with Crippen LogP contribution >= 0.6 is 0 Å². The fraction of sp³-hybridized carbons (Fsp3) is 0.909. The van der Waals surface area contributed by atoms with Gasteiger partial charge in [-0.05, 0) is 19.3 Å². The number of unbranched alkanes of at least 4 members (excludes halogenated alkanes) is 1. The zero-order valence-electron chi connectivity index (χ0n) is 10.3. The van der Waals surface area contributed by atoms with Gasteiger partial charge in [0.15, 0.2) is 0 Å². The second kappa shape index (κ2) is 8.53. The molecule has 0 saturated heterocycles. The van der Waals surface area contributed by atoms with Crippen molar-refractivity contribution < 1.29 is 9.63 Å². The Morgan fingerprint density at radius 1 is 1.33 bits per heavy atom. The number of carbonyl (C=O) groups is 1. The van der Waals surface area contributed by atoms with Crippen molar-refractivity contribution in [1.29, 1.82) is 0 Å². The SMILES string of the molecule is CCCCC(C)NC(=O)ONCC(C)C. The molecule has 90 valence electrons. The molecular formula is C11H24N2O2. The third-order valence-corrected chi connectivity index (χ3v) is 2.01. The number of hydrogen-bond acceptors (Lipinski definition) is 3. The summed E-state index contributed by atoms with van der Waals surface area (Å²) in [6.45, 7) is 8.90. The van der Waals surface area contributed by atoms with E-state index >= 15 is 0 Å². The molecule has 1 amide bonds. The van der Waals surface area contributed by atoms with Crippen LogP contribution in [0.2, 0.25) is 0 Å². The zero-order valence-corrected chi connectivity index (χ0v) is 10.3. The minimum atomic E-state index is -0.390. The van der Waals surface area contributed by atoms with Gasteiger partial charge >= 0.3 is 6.09 Å². The molecule has 4 nitrogen and oxygen atoms in total. The molecule has 0 saturated carbocycles. The monoisotopic (exact) mass is 216 g/mol. The van der Waals surface area contributed by atoms with Crippen LogP contribution in [0.3, 0.4) is 0 Å². The van der Waals surface area contributed by atoms with Crippen molar-refractivity contribution in [3.63, 3.8) is 0 Å². The van der Waals surface area contributed by atoms with E-state index in [1.54, 1.807) is 0 Å². The molecule has 0 fully saturated rings. The van der Waals surface area contributed by atoms with E-state index in [4.69, 9.17) is 4.84 Å². The fourth-order valence-corrected chi connectivity index (χ4v) is 1.09. The number of nitrogens with one attached hydrogen (secondary N) is 2. The number of hydroxylamine groups is 1. The highest BCUT2D eigenvalue weighted by molar-refractivity contribution is 5.67. The summed E-state index contributed by atoms with van der Waals surface area (Å²) in [5.41, 5.74) is 2.63. The van der Waals surface area contributed by atoms with Crippen molar-refractivity contribution in [2.45, 2.75) is 53.0 Å². The topological polar surface area (TPSA) is 50.4 Å². The van der Waals surface area contributed by atoms with Gasteiger partial charge in [0.25, 0.3) is 0 Å². The number of hydrogen-bond donors (Lipinski definition) is 2. The van der Waals surface area contributed by atoms with Crippen LogP contribution in [-0.2, 0) is 4.84 Å². The first-order valence-corrected chi connectivity index (χ1v) is 5.76. The van der Waals surface area contributed by atoms with Gasteiger partial charge in [0, 0.05) is 12.6 Å². The second-order valence-electron chi connectivity index (χ2n) is 4.32. The van der Waals surface area contributed by atoms with Gasteiger partial charge < -0.3 is 10.2 Å². The van der Waals surface area contributed by atoms with E-state index < -0.39 is 0 Å². The molecule has 0 bridgehead atoms. The highest BCUT2D eigenvalue weighted by atomic mass is 16.7. The molecule has 1 atom stereocenters. The Labute approximate surface area is 92.7 Å². The van der Waals surface area contributed by atoms with Crippen LogP contribution in [0.4, 0.5) is 4.79 Å². The molecular weight excluding hydrogens is 192 g/mol. The van der Waals surface area contributed by atoms with Gasteiger partial charge in [0.05, 0.1) is 0 Å². The predicted octanol–water partition coefficient (Wildman–Crippen LogP) is 2.45. The average Bonchev–Trinajstić information content (AvgIpc) is 2.14. The first-order valence-electron chi connectivity index (χ1n) is 5.76. The van der Waals surface area contributed by atoms with Crippen LogP contribution in [0.1, 0.15) is 47.0 Å². The van der Waals surface area contributed by atoms with E-state index in [0.29, 0.717) is 12.5 Å². The van der Waals surface area contributed by atoms with E-state index in [2.05, 4.69) is 31.6 Å². The van der Waals surface area contributed by atoms with Gasteiger partial charge in [0.1, 0.15) is 0 Å². The standard InChI is InChI=1S/C11H24N2O2/c1-5-6-7-10(4)13-11(14)15-12-8-9(2)3/h9-10,12H,5-8H2,1-4H3,(H,13,14). The second-order valence-corrected chi connectivity index (χ2v) is 4.32. The molecule has 0 aliphatic carbocycles. The number of carbonyl (C=O) groups excluding carboxylic acids is 1. The van der Waals surface area contributed by atoms with Crippen molar-refractivity contribution in [2.24, 2.45) is 5.92 Å². The van der Waals surface area contributed by atoms with Gasteiger partial charge in [0.2, 0.25) is 0 Å². The fourth-order valence-electron chi connectivity index (χ4n) is 1.09. The van der Waals surface area contributed by atoms with Crippen LogP contribution in [0, 0.1) is 5.92 Å². The Hall–Kier alpha value is -0.770. The van der Waals surface area contributed by atoms with Gasteiger partial charge in [-0.15, -0.1) is 0 Å². The van der Waals surface area contributed by atoms with Crippen molar-refractivity contribution in [3.8, 4) is 0 Å². The smallest absolute Gasteiger partial charge is 0.354 e. The van der Waals surface area contributed by atoms with Crippen LogP contribution in [0.5, 0.6) is 0 Å². The van der Waals surface area contributed by atoms with E-state index in [1.165, 1.54) is 0 Å². The number of amides is 1. The van der Waals surface area contributed by atoms with Crippen molar-refractivity contribution in [3.05, 3.63) is 0 Å². The number of rotatable bonds is 7. The summed E-state index contributed by atoms with van der Waals surface area (Å²) >= 11 is 0. The lowest BCUT2D eigenvalue weighted by Crippen LogP contribution is -2.37. The van der Waals surface area contributed by atoms with Crippen molar-refractivity contribution >= 4 is 6.09 Å². The summed E-state index contributed by atoms with van der Waals surface area (Å²) in [5, 5.41) is 2.76. The lowest BCUT2D eigenvalue weighted by Gasteiger charge is -2.13. The molecule has 4 heteroatoms. The molecule has 1 unspecified atom stereocenters. The lowest BCUT2D eigenvalue weighted by molar-refractivity contribution is 0.0816. The van der Waals surface area contributed by atoms with E-state index in [0.717, 1.165) is 19.3 Å². The van der Waals surface area contributed by atoms with Crippen LogP contribution in [-0.4, -0.2) is 18.7 Å². The minimum absolute atomic E-state index is 0.179. The Bertz CT molecular complexity index is 172. The molecule has 0 spiro atoms. The third kappa shape index (κ3) is 9.53. The van der Waals surface area contributed by atoms with Gasteiger partial charge in [-0.1, -0.05) is 33.6 Å². The normalized spacial score (nSPS) is 12.6. The predicted molar refractivity (Wildman–Crippen MR) is 61.4 cm³/mol. The lowest BCUT2D eigenvalue weighted by atomic mass is 10.1. The van der Waals surface area contributed by atoms with E-state index in [9.17, 15) is 4.79 Å². The molecule has 0 rings (SSSR count). The Morgan fingerprint density at radius 3 is 2.53 bits per heavy atom. The summed E-state index contributed by atoms with van der Waals surface area (Å²) in [4.78, 5) is 16.0. The summed E-state index contributed by atoms with van der Waals surface area (Å²) in [6.07, 6.45) is 2.88. The van der Waals surface area contributed by atoms with Crippen LogP contribution in [0.15, 0.2) is 0 Å². The van der Waals surface area contributed by atoms with Gasteiger partial charge in [-0.25, -0.2) is 4.79 Å². The quantitative estimate of drug-likeness (QED) is 0.643. The first-order chi connectivity index (χ1) is 7.06. The van der Waals surface area contributed by atoms with E-state index in [-0.39, 0.29) is 12.1 Å². The van der Waals surface area contributed by atoms with E-state index in [1.807, 2.05) is 6.92 Å². The highest BCUT2D eigenvalue weighted by Gasteiger charge is 2.07. The summed E-state index contributed by atoms with van der Waals surface area (Å²) < 4.78 is 0. The maximum Gasteiger partial charge on any atom is 0.426 e. The maximum absolute atomic E-state index is 11.2.